The molecule has 2 N–H and O–H groups in total. The number of anilines is 1. The quantitative estimate of drug-likeness (QED) is 0.0863. The monoisotopic (exact) mass is 945 g/mol. The van der Waals surface area contributed by atoms with Crippen molar-refractivity contribution in [1.29, 1.82) is 0 Å². The van der Waals surface area contributed by atoms with E-state index in [1.807, 2.05) is 34.1 Å². The molecule has 1 unspecified atom stereocenters. The fourth-order valence-corrected chi connectivity index (χ4v) is 12.1. The number of sulfonamides is 2. The third kappa shape index (κ3) is 11.9. The van der Waals surface area contributed by atoms with Gasteiger partial charge in [-0.25, -0.2) is 16.8 Å². The highest BCUT2D eigenvalue weighted by Gasteiger charge is 2.29. The summed E-state index contributed by atoms with van der Waals surface area (Å²) in [5.41, 5.74) is 5.56. The molecule has 3 aromatic rings. The van der Waals surface area contributed by atoms with Crippen LogP contribution in [0.3, 0.4) is 0 Å². The first-order chi connectivity index (χ1) is 27.5. The molecule has 20 heteroatoms. The minimum Gasteiger partial charge on any atom is -0.370 e. The standard InChI is InChI=1S/C38H42Cl2N4O8S6/c1-53-31-19-33-29(17-27(31)39)43(9-11-51-21-35(45)41-57(3,47)48)37(55-33)15-23-5-7-25-8-6-24(14-26(25)13-23)16-38-44(10-12-52-22-36(46)42-58(4,49)50)30-18-28(40)32(54-2)20-34(30)56-38/h13-20,25H,5-12,21-22H2,1-4H3,(H-,41,42,45,46)/p+1. The van der Waals surface area contributed by atoms with E-state index in [-0.39, 0.29) is 26.4 Å². The largest absolute Gasteiger partial charge is 0.370 e. The first kappa shape index (κ1) is 45.0. The Hall–Kier alpha value is -2.52. The molecule has 0 radical (unpaired) electrons. The van der Waals surface area contributed by atoms with Crippen LogP contribution in [0.1, 0.15) is 30.7 Å². The van der Waals surface area contributed by atoms with Gasteiger partial charge in [-0.3, -0.25) is 19.0 Å². The second kappa shape index (κ2) is 19.5. The van der Waals surface area contributed by atoms with E-state index in [9.17, 15) is 26.4 Å². The van der Waals surface area contributed by atoms with Crippen LogP contribution in [0.2, 0.25) is 10.0 Å². The number of fused-ring (bicyclic) bond motifs is 3. The van der Waals surface area contributed by atoms with Gasteiger partial charge in [-0.15, -0.1) is 23.5 Å². The van der Waals surface area contributed by atoms with Crippen LogP contribution in [0.5, 0.6) is 0 Å². The molecule has 0 saturated heterocycles. The zero-order valence-electron chi connectivity index (χ0n) is 32.1. The first-order valence-corrected chi connectivity index (χ1v) is 26.7. The summed E-state index contributed by atoms with van der Waals surface area (Å²) < 4.78 is 63.9. The Balaban J connectivity index is 1.24. The third-order valence-electron chi connectivity index (χ3n) is 9.35. The van der Waals surface area contributed by atoms with E-state index in [0.717, 1.165) is 78.8 Å². The van der Waals surface area contributed by atoms with Crippen LogP contribution < -0.4 is 18.9 Å². The van der Waals surface area contributed by atoms with E-state index in [1.165, 1.54) is 16.7 Å². The third-order valence-corrected chi connectivity index (χ3v) is 15.1. The number of benzene rings is 2. The van der Waals surface area contributed by atoms with Crippen molar-refractivity contribution in [3.8, 4) is 0 Å². The molecule has 12 nitrogen and oxygen atoms in total. The minimum atomic E-state index is -3.67. The van der Waals surface area contributed by atoms with Gasteiger partial charge in [-0.2, -0.15) is 4.57 Å². The van der Waals surface area contributed by atoms with Crippen LogP contribution >= 0.6 is 69.8 Å². The van der Waals surface area contributed by atoms with Crippen LogP contribution in [0.25, 0.3) is 16.3 Å². The number of carbonyl (C=O) groups excluding carboxylic acids is 2. The van der Waals surface area contributed by atoms with Crippen LogP contribution in [0.15, 0.2) is 78.9 Å². The molecule has 0 fully saturated rings. The summed E-state index contributed by atoms with van der Waals surface area (Å²) in [5, 5.41) is 3.32. The molecule has 2 aromatic carbocycles. The number of carbonyl (C=O) groups is 2. The first-order valence-electron chi connectivity index (χ1n) is 18.0. The van der Waals surface area contributed by atoms with Crippen LogP contribution in [-0.2, 0) is 45.7 Å². The average molecular weight is 947 g/mol. The Kier molecular flexibility index (Phi) is 15.1. The molecule has 2 heterocycles. The van der Waals surface area contributed by atoms with Gasteiger partial charge in [-0.1, -0.05) is 58.5 Å². The zero-order chi connectivity index (χ0) is 41.8. The highest BCUT2D eigenvalue weighted by Crippen LogP contribution is 2.50. The summed E-state index contributed by atoms with van der Waals surface area (Å²) in [7, 11) is -7.35. The van der Waals surface area contributed by atoms with Gasteiger partial charge < -0.3 is 14.4 Å². The highest BCUT2D eigenvalue weighted by atomic mass is 35.5. The summed E-state index contributed by atoms with van der Waals surface area (Å²) in [5.74, 6) is -1.00. The normalized spacial score (nSPS) is 18.3. The Labute approximate surface area is 365 Å². The maximum atomic E-state index is 12.0. The van der Waals surface area contributed by atoms with Crippen LogP contribution in [0, 0.1) is 5.92 Å². The Morgan fingerprint density at radius 3 is 2.21 bits per heavy atom. The number of thiazole rings is 1. The lowest BCUT2D eigenvalue weighted by molar-refractivity contribution is -0.670. The molecule has 0 saturated carbocycles. The molecule has 0 bridgehead atoms. The van der Waals surface area contributed by atoms with Gasteiger partial charge >= 0.3 is 0 Å². The van der Waals surface area contributed by atoms with Crippen LogP contribution in [0.4, 0.5) is 5.69 Å². The fourth-order valence-electron chi connectivity index (χ4n) is 6.86. The predicted octanol–water partition coefficient (Wildman–Crippen LogP) is 7.02. The summed E-state index contributed by atoms with van der Waals surface area (Å²) in [6.45, 7) is 0.466. The maximum absolute atomic E-state index is 12.0. The minimum absolute atomic E-state index is 0.185. The van der Waals surface area contributed by atoms with E-state index in [0.29, 0.717) is 29.1 Å². The molecule has 2 amide bonds. The van der Waals surface area contributed by atoms with Crippen molar-refractivity contribution in [3.05, 3.63) is 79.3 Å². The number of hydrogen-bond acceptors (Lipinski definition) is 13. The van der Waals surface area contributed by atoms with Gasteiger partial charge in [0, 0.05) is 33.4 Å². The molecule has 6 rings (SSSR count). The SMILES string of the molecule is CSc1cc2c(cc1Cl)N(CCOCC(=O)NS(C)(=O)=O)/C(=C/C1=CC3=C/C(=C/c4sc5cc(SC)c(Cl)cc5[n+]4CCOCC(=O)NS(C)(=O)=O)CCC3CC1)S2. The Morgan fingerprint density at radius 1 is 0.897 bits per heavy atom. The van der Waals surface area contributed by atoms with Gasteiger partial charge in [0.1, 0.15) is 24.5 Å². The van der Waals surface area contributed by atoms with Crippen molar-refractivity contribution in [1.82, 2.24) is 9.44 Å². The number of rotatable bonds is 16. The van der Waals surface area contributed by atoms with E-state index in [1.54, 1.807) is 46.6 Å². The fraction of sp³-hybridized carbons (Fsp3) is 0.395. The lowest BCUT2D eigenvalue weighted by atomic mass is 9.77. The van der Waals surface area contributed by atoms with Crippen molar-refractivity contribution in [2.24, 2.45) is 5.92 Å². The molecular weight excluding hydrogens is 904 g/mol. The number of nitrogens with one attached hydrogen (secondary N) is 2. The molecule has 312 valence electrons. The number of allylic oxidation sites excluding steroid dienone is 6. The van der Waals surface area contributed by atoms with Crippen molar-refractivity contribution >= 4 is 124 Å². The summed E-state index contributed by atoms with van der Waals surface area (Å²) in [6.07, 6.45) is 18.7. The number of ether oxygens (including phenoxy) is 2. The number of amides is 2. The lowest BCUT2D eigenvalue weighted by Gasteiger charge is -2.28. The molecule has 3 aliphatic rings. The van der Waals surface area contributed by atoms with E-state index in [4.69, 9.17) is 32.7 Å². The smallest absolute Gasteiger partial charge is 0.263 e. The maximum Gasteiger partial charge on any atom is 0.263 e. The molecule has 0 spiro atoms. The average Bonchev–Trinajstić information content (AvgIpc) is 3.64. The summed E-state index contributed by atoms with van der Waals surface area (Å²) in [4.78, 5) is 29.2. The van der Waals surface area contributed by atoms with E-state index >= 15 is 0 Å². The van der Waals surface area contributed by atoms with Gasteiger partial charge in [0.25, 0.3) is 16.8 Å². The van der Waals surface area contributed by atoms with Gasteiger partial charge in [0.15, 0.2) is 6.54 Å². The molecule has 1 atom stereocenters. The number of aromatic nitrogens is 1. The van der Waals surface area contributed by atoms with Gasteiger partial charge in [-0.05, 0) is 85.1 Å². The molecule has 1 aromatic heterocycles. The van der Waals surface area contributed by atoms with Crippen molar-refractivity contribution in [3.63, 3.8) is 0 Å². The van der Waals surface area contributed by atoms with E-state index in [2.05, 4.69) is 45.9 Å². The second-order valence-corrected chi connectivity index (χ2v) is 21.9. The number of nitrogens with zero attached hydrogens (tertiary/aromatic N) is 2. The lowest BCUT2D eigenvalue weighted by Crippen LogP contribution is -2.38. The van der Waals surface area contributed by atoms with Gasteiger partial charge in [0.2, 0.25) is 25.6 Å². The predicted molar refractivity (Wildman–Crippen MR) is 237 cm³/mol. The van der Waals surface area contributed by atoms with Crippen LogP contribution in [-0.4, -0.2) is 86.6 Å². The number of hydrogen-bond donors (Lipinski definition) is 2. The molecule has 1 aliphatic heterocycles. The van der Waals surface area contributed by atoms with Crippen molar-refractivity contribution in [2.45, 2.75) is 46.9 Å². The Morgan fingerprint density at radius 2 is 1.53 bits per heavy atom. The van der Waals surface area contributed by atoms with E-state index < -0.39 is 31.9 Å². The molecular formula is C38H43Cl2N4O8S6+. The Bertz CT molecular complexity index is 2470. The number of thioether (sulfide) groups is 3. The molecule has 58 heavy (non-hydrogen) atoms. The zero-order valence-corrected chi connectivity index (χ0v) is 38.5. The van der Waals surface area contributed by atoms with Crippen molar-refractivity contribution in [2.75, 3.05) is 62.9 Å². The summed E-state index contributed by atoms with van der Waals surface area (Å²) >= 11 is 19.8. The summed E-state index contributed by atoms with van der Waals surface area (Å²) in [6, 6.07) is 8.09. The van der Waals surface area contributed by atoms with Crippen molar-refractivity contribution < 1.29 is 40.5 Å². The topological polar surface area (TPSA) is 152 Å². The second-order valence-electron chi connectivity index (χ2n) is 13.8. The highest BCUT2D eigenvalue weighted by molar-refractivity contribution is 8.03. The number of halogens is 2. The van der Waals surface area contributed by atoms with Gasteiger partial charge in [0.05, 0.1) is 39.9 Å². The molecule has 2 aliphatic carbocycles.